The standard InChI is InChI=1S/C14H16O3S/c1-11-7-3-5-9-13(11)18(15,16,17)14-10-6-4-8-12(14)2/h3-10H,1-2H3,(H2,15,16,17). The fourth-order valence-electron chi connectivity index (χ4n) is 2.06. The van der Waals surface area contributed by atoms with Crippen molar-refractivity contribution in [2.24, 2.45) is 0 Å². The predicted molar refractivity (Wildman–Crippen MR) is 72.3 cm³/mol. The second-order valence-corrected chi connectivity index (χ2v) is 7.00. The first kappa shape index (κ1) is 13.0. The number of hydrogen-bond acceptors (Lipinski definition) is 1. The summed E-state index contributed by atoms with van der Waals surface area (Å²) in [5.41, 5.74) is 1.17. The van der Waals surface area contributed by atoms with E-state index in [1.165, 1.54) is 12.1 Å². The molecule has 0 heterocycles. The summed E-state index contributed by atoms with van der Waals surface area (Å²) in [6.07, 6.45) is 0. The molecule has 0 amide bonds. The van der Waals surface area contributed by atoms with Gasteiger partial charge in [0.05, 0.1) is 9.79 Å². The highest BCUT2D eigenvalue weighted by Gasteiger charge is 2.37. The molecule has 0 aliphatic heterocycles. The van der Waals surface area contributed by atoms with Crippen LogP contribution in [0, 0.1) is 13.8 Å². The molecule has 96 valence electrons. The summed E-state index contributed by atoms with van der Waals surface area (Å²) >= 11 is 0. The first-order chi connectivity index (χ1) is 8.31. The van der Waals surface area contributed by atoms with E-state index >= 15 is 0 Å². The van der Waals surface area contributed by atoms with Gasteiger partial charge in [-0.2, -0.15) is 0 Å². The van der Waals surface area contributed by atoms with E-state index in [0.29, 0.717) is 11.1 Å². The number of benzene rings is 2. The van der Waals surface area contributed by atoms with E-state index in [1.54, 1.807) is 50.2 Å². The van der Waals surface area contributed by atoms with Crippen molar-refractivity contribution >= 4 is 9.63 Å². The minimum atomic E-state index is -5.00. The van der Waals surface area contributed by atoms with Crippen LogP contribution in [0.15, 0.2) is 58.3 Å². The van der Waals surface area contributed by atoms with E-state index in [-0.39, 0.29) is 9.79 Å². The second kappa shape index (κ2) is 4.02. The van der Waals surface area contributed by atoms with Gasteiger partial charge in [0.25, 0.3) is 0 Å². The highest BCUT2D eigenvalue weighted by atomic mass is 32.3. The number of aryl methyl sites for hydroxylation is 2. The Morgan fingerprint density at radius 1 is 0.778 bits per heavy atom. The summed E-state index contributed by atoms with van der Waals surface area (Å²) in [6.45, 7) is 3.40. The summed E-state index contributed by atoms with van der Waals surface area (Å²) in [5, 5.41) is 0. The van der Waals surface area contributed by atoms with Gasteiger partial charge in [0.15, 0.2) is 0 Å². The van der Waals surface area contributed by atoms with Gasteiger partial charge in [0.1, 0.15) is 9.63 Å². The third-order valence-electron chi connectivity index (χ3n) is 2.98. The van der Waals surface area contributed by atoms with Crippen LogP contribution in [0.25, 0.3) is 0 Å². The third kappa shape index (κ3) is 1.99. The van der Waals surface area contributed by atoms with E-state index in [9.17, 15) is 13.3 Å². The molecule has 0 fully saturated rings. The van der Waals surface area contributed by atoms with Crippen LogP contribution in [0.1, 0.15) is 11.1 Å². The van der Waals surface area contributed by atoms with Gasteiger partial charge in [-0.3, -0.25) is 0 Å². The Hall–Kier alpha value is -1.49. The highest BCUT2D eigenvalue weighted by molar-refractivity contribution is 8.10. The molecule has 2 rings (SSSR count). The Balaban J connectivity index is 2.78. The van der Waals surface area contributed by atoms with E-state index in [4.69, 9.17) is 0 Å². The van der Waals surface area contributed by atoms with E-state index in [1.807, 2.05) is 0 Å². The molecular weight excluding hydrogens is 248 g/mol. The maximum Gasteiger partial charge on any atom is 0.136 e. The fraction of sp³-hybridized carbons (Fsp3) is 0.143. The minimum absolute atomic E-state index is 0.0591. The molecule has 0 aliphatic rings. The molecule has 0 unspecified atom stereocenters. The summed E-state index contributed by atoms with van der Waals surface area (Å²) in [6, 6.07) is 13.2. The van der Waals surface area contributed by atoms with Crippen LogP contribution < -0.4 is 0 Å². The lowest BCUT2D eigenvalue weighted by Crippen LogP contribution is -2.33. The summed E-state index contributed by atoms with van der Waals surface area (Å²) < 4.78 is 33.5. The van der Waals surface area contributed by atoms with Crippen molar-refractivity contribution in [3.63, 3.8) is 0 Å². The highest BCUT2D eigenvalue weighted by Crippen LogP contribution is 2.40. The summed E-state index contributed by atoms with van der Waals surface area (Å²) in [5.74, 6) is 0. The maximum atomic E-state index is 12.7. The quantitative estimate of drug-likeness (QED) is 0.873. The lowest BCUT2D eigenvalue weighted by atomic mass is 10.2. The largest absolute Gasteiger partial charge is 0.301 e. The molecule has 0 bridgehead atoms. The molecule has 0 saturated carbocycles. The Bertz CT molecular complexity index is 604. The van der Waals surface area contributed by atoms with Crippen molar-refractivity contribution < 1.29 is 13.3 Å². The van der Waals surface area contributed by atoms with Crippen molar-refractivity contribution in [2.75, 3.05) is 0 Å². The lowest BCUT2D eigenvalue weighted by molar-refractivity contribution is 0.388. The number of rotatable bonds is 2. The van der Waals surface area contributed by atoms with Crippen molar-refractivity contribution in [3.05, 3.63) is 59.7 Å². The van der Waals surface area contributed by atoms with Gasteiger partial charge in [-0.15, -0.1) is 0 Å². The van der Waals surface area contributed by atoms with E-state index in [0.717, 1.165) is 0 Å². The third-order valence-corrected chi connectivity index (χ3v) is 5.48. The first-order valence-corrected chi connectivity index (χ1v) is 7.47. The van der Waals surface area contributed by atoms with Gasteiger partial charge >= 0.3 is 0 Å². The average Bonchev–Trinajstić information content (AvgIpc) is 2.29. The van der Waals surface area contributed by atoms with E-state index < -0.39 is 9.63 Å². The van der Waals surface area contributed by atoms with Gasteiger partial charge in [-0.05, 0) is 37.1 Å². The fourth-order valence-corrected chi connectivity index (χ4v) is 4.24. The maximum absolute atomic E-state index is 12.7. The van der Waals surface area contributed by atoms with Gasteiger partial charge in [0, 0.05) is 0 Å². The van der Waals surface area contributed by atoms with Crippen LogP contribution >= 0.6 is 0 Å². The van der Waals surface area contributed by atoms with Crippen LogP contribution in [0.5, 0.6) is 0 Å². The molecule has 2 aromatic rings. The van der Waals surface area contributed by atoms with Crippen LogP contribution in [-0.2, 0) is 9.63 Å². The average molecular weight is 264 g/mol. The van der Waals surface area contributed by atoms with Crippen molar-refractivity contribution in [1.29, 1.82) is 0 Å². The van der Waals surface area contributed by atoms with Crippen LogP contribution in [0.4, 0.5) is 0 Å². The van der Waals surface area contributed by atoms with Crippen LogP contribution in [-0.4, -0.2) is 13.3 Å². The molecule has 0 aromatic heterocycles. The van der Waals surface area contributed by atoms with Crippen molar-refractivity contribution in [3.8, 4) is 0 Å². The molecule has 2 aromatic carbocycles. The Morgan fingerprint density at radius 2 is 1.11 bits per heavy atom. The molecule has 18 heavy (non-hydrogen) atoms. The lowest BCUT2D eigenvalue weighted by Gasteiger charge is -2.33. The Morgan fingerprint density at radius 3 is 1.44 bits per heavy atom. The van der Waals surface area contributed by atoms with E-state index in [2.05, 4.69) is 0 Å². The summed E-state index contributed by atoms with van der Waals surface area (Å²) in [7, 11) is -5.00. The van der Waals surface area contributed by atoms with Crippen molar-refractivity contribution in [2.45, 2.75) is 23.6 Å². The van der Waals surface area contributed by atoms with Gasteiger partial charge in [0.2, 0.25) is 0 Å². The van der Waals surface area contributed by atoms with Gasteiger partial charge in [-0.1, -0.05) is 36.4 Å². The molecular formula is C14H16O3S. The zero-order valence-corrected chi connectivity index (χ0v) is 11.1. The minimum Gasteiger partial charge on any atom is -0.301 e. The van der Waals surface area contributed by atoms with Crippen molar-refractivity contribution in [1.82, 2.24) is 0 Å². The number of hydrogen-bond donors (Lipinski definition) is 2. The SMILES string of the molecule is Cc1ccccc1S(=O)(O)(O)c1ccccc1C. The molecule has 0 atom stereocenters. The summed E-state index contributed by atoms with van der Waals surface area (Å²) in [4.78, 5) is 0.118. The molecule has 2 N–H and O–H groups in total. The Labute approximate surface area is 107 Å². The van der Waals surface area contributed by atoms with Gasteiger partial charge in [-0.25, -0.2) is 4.21 Å². The zero-order chi connectivity index (χ0) is 13.4. The molecule has 0 radical (unpaired) electrons. The smallest absolute Gasteiger partial charge is 0.136 e. The molecule has 0 aliphatic carbocycles. The predicted octanol–water partition coefficient (Wildman–Crippen LogP) is 3.49. The normalized spacial score (nSPS) is 13.9. The monoisotopic (exact) mass is 264 g/mol. The van der Waals surface area contributed by atoms with Gasteiger partial charge < -0.3 is 9.11 Å². The topological polar surface area (TPSA) is 57.5 Å². The molecule has 0 saturated heterocycles. The first-order valence-electron chi connectivity index (χ1n) is 5.59. The Kier molecular flexibility index (Phi) is 2.89. The molecule has 0 spiro atoms. The molecule has 4 heteroatoms. The van der Waals surface area contributed by atoms with Crippen LogP contribution in [0.3, 0.4) is 0 Å². The molecule has 3 nitrogen and oxygen atoms in total. The second-order valence-electron chi connectivity index (χ2n) is 4.40. The van der Waals surface area contributed by atoms with Crippen LogP contribution in [0.2, 0.25) is 0 Å². The zero-order valence-electron chi connectivity index (χ0n) is 10.3.